The van der Waals surface area contributed by atoms with E-state index in [0.29, 0.717) is 18.8 Å². The van der Waals surface area contributed by atoms with Crippen molar-refractivity contribution in [2.24, 2.45) is 0 Å². The molecule has 0 spiro atoms. The van der Waals surface area contributed by atoms with Crippen molar-refractivity contribution in [1.82, 2.24) is 0 Å². The molecule has 1 unspecified atom stereocenters. The molecule has 0 fully saturated rings. The Morgan fingerprint density at radius 2 is 2.07 bits per heavy atom. The van der Waals surface area contributed by atoms with E-state index in [4.69, 9.17) is 10.00 Å². The van der Waals surface area contributed by atoms with Gasteiger partial charge in [0.2, 0.25) is 0 Å². The molecule has 1 rings (SSSR count). The van der Waals surface area contributed by atoms with Crippen molar-refractivity contribution in [3.05, 3.63) is 35.4 Å². The molecule has 0 aliphatic carbocycles. The maximum absolute atomic E-state index is 9.61. The maximum atomic E-state index is 9.61. The van der Waals surface area contributed by atoms with Crippen LogP contribution in [-0.2, 0) is 4.74 Å². The third-order valence-electron chi connectivity index (χ3n) is 1.90. The third-order valence-corrected chi connectivity index (χ3v) is 1.90. The first-order valence-electron chi connectivity index (χ1n) is 4.53. The number of aliphatic hydroxyl groups is 1. The van der Waals surface area contributed by atoms with Gasteiger partial charge in [-0.25, -0.2) is 0 Å². The molecule has 3 heteroatoms. The minimum Gasteiger partial charge on any atom is -0.386 e. The molecule has 0 aliphatic rings. The lowest BCUT2D eigenvalue weighted by Crippen LogP contribution is -2.06. The normalized spacial score (nSPS) is 12.1. The molecule has 0 bridgehead atoms. The summed E-state index contributed by atoms with van der Waals surface area (Å²) in [7, 11) is 0. The maximum Gasteiger partial charge on any atom is 0.102 e. The monoisotopic (exact) mass is 191 g/mol. The van der Waals surface area contributed by atoms with Crippen molar-refractivity contribution in [3.63, 3.8) is 0 Å². The van der Waals surface area contributed by atoms with E-state index in [1.165, 1.54) is 0 Å². The van der Waals surface area contributed by atoms with E-state index in [2.05, 4.69) is 0 Å². The summed E-state index contributed by atoms with van der Waals surface area (Å²) >= 11 is 0. The molecule has 1 aromatic rings. The molecule has 0 saturated heterocycles. The average molecular weight is 191 g/mol. The predicted molar refractivity (Wildman–Crippen MR) is 52.6 cm³/mol. The largest absolute Gasteiger partial charge is 0.386 e. The summed E-state index contributed by atoms with van der Waals surface area (Å²) in [5.74, 6) is 0. The van der Waals surface area contributed by atoms with Crippen LogP contribution in [0.4, 0.5) is 0 Å². The fraction of sp³-hybridized carbons (Fsp3) is 0.364. The number of hydrogen-bond donors (Lipinski definition) is 1. The highest BCUT2D eigenvalue weighted by molar-refractivity contribution is 5.32. The minimum absolute atomic E-state index is 0.294. The molecule has 14 heavy (non-hydrogen) atoms. The van der Waals surface area contributed by atoms with Gasteiger partial charge in [0.15, 0.2) is 0 Å². The molecular formula is C11H13NO2. The number of benzene rings is 1. The Morgan fingerprint density at radius 1 is 1.43 bits per heavy atom. The first kappa shape index (κ1) is 10.7. The summed E-state index contributed by atoms with van der Waals surface area (Å²) in [6, 6.07) is 8.87. The van der Waals surface area contributed by atoms with Crippen molar-refractivity contribution in [2.45, 2.75) is 13.0 Å². The van der Waals surface area contributed by atoms with Gasteiger partial charge in [-0.3, -0.25) is 0 Å². The van der Waals surface area contributed by atoms with Gasteiger partial charge in [-0.05, 0) is 24.6 Å². The molecule has 1 aromatic carbocycles. The van der Waals surface area contributed by atoms with Gasteiger partial charge < -0.3 is 9.84 Å². The van der Waals surface area contributed by atoms with E-state index >= 15 is 0 Å². The van der Waals surface area contributed by atoms with Gasteiger partial charge in [0.1, 0.15) is 6.10 Å². The summed E-state index contributed by atoms with van der Waals surface area (Å²) in [6.07, 6.45) is -0.609. The van der Waals surface area contributed by atoms with Gasteiger partial charge in [0.25, 0.3) is 0 Å². The van der Waals surface area contributed by atoms with Crippen molar-refractivity contribution < 1.29 is 9.84 Å². The van der Waals surface area contributed by atoms with E-state index in [9.17, 15) is 5.11 Å². The van der Waals surface area contributed by atoms with Gasteiger partial charge >= 0.3 is 0 Å². The number of rotatable bonds is 4. The van der Waals surface area contributed by atoms with Crippen molar-refractivity contribution in [1.29, 1.82) is 5.26 Å². The number of ether oxygens (including phenoxy) is 1. The van der Waals surface area contributed by atoms with Crippen LogP contribution < -0.4 is 0 Å². The van der Waals surface area contributed by atoms with Crippen LogP contribution in [0.5, 0.6) is 0 Å². The Kier molecular flexibility index (Phi) is 4.11. The zero-order valence-electron chi connectivity index (χ0n) is 8.10. The highest BCUT2D eigenvalue weighted by Crippen LogP contribution is 2.13. The zero-order chi connectivity index (χ0) is 10.4. The summed E-state index contributed by atoms with van der Waals surface area (Å²) in [5, 5.41) is 18.2. The smallest absolute Gasteiger partial charge is 0.102 e. The van der Waals surface area contributed by atoms with Crippen molar-refractivity contribution in [3.8, 4) is 6.07 Å². The lowest BCUT2D eigenvalue weighted by Gasteiger charge is -2.10. The minimum atomic E-state index is -0.609. The number of nitrogens with zero attached hydrogens (tertiary/aromatic N) is 1. The number of hydrogen-bond acceptors (Lipinski definition) is 3. The van der Waals surface area contributed by atoms with Gasteiger partial charge in [0.05, 0.1) is 18.2 Å². The van der Waals surface area contributed by atoms with Crippen LogP contribution in [0.15, 0.2) is 24.3 Å². The quantitative estimate of drug-likeness (QED) is 0.786. The molecule has 0 aromatic heterocycles. The topological polar surface area (TPSA) is 53.2 Å². The highest BCUT2D eigenvalue weighted by atomic mass is 16.5. The average Bonchev–Trinajstić information content (AvgIpc) is 2.26. The summed E-state index contributed by atoms with van der Waals surface area (Å²) in [6.45, 7) is 2.77. The second-order valence-electron chi connectivity index (χ2n) is 2.91. The number of nitriles is 1. The Morgan fingerprint density at radius 3 is 2.57 bits per heavy atom. The Hall–Kier alpha value is -1.37. The molecule has 3 nitrogen and oxygen atoms in total. The highest BCUT2D eigenvalue weighted by Gasteiger charge is 2.06. The van der Waals surface area contributed by atoms with E-state index in [0.717, 1.165) is 5.56 Å². The van der Waals surface area contributed by atoms with E-state index in [1.807, 2.05) is 13.0 Å². The third kappa shape index (κ3) is 2.84. The summed E-state index contributed by atoms with van der Waals surface area (Å²) in [5.41, 5.74) is 1.37. The van der Waals surface area contributed by atoms with Crippen LogP contribution in [0.2, 0.25) is 0 Å². The van der Waals surface area contributed by atoms with Crippen LogP contribution in [0.25, 0.3) is 0 Å². The fourth-order valence-corrected chi connectivity index (χ4v) is 1.11. The van der Waals surface area contributed by atoms with Gasteiger partial charge in [-0.2, -0.15) is 5.26 Å². The molecule has 0 saturated carbocycles. The van der Waals surface area contributed by atoms with Gasteiger partial charge in [0, 0.05) is 6.61 Å². The van der Waals surface area contributed by atoms with E-state index in [1.54, 1.807) is 24.3 Å². The Bertz CT molecular complexity index is 313. The molecule has 1 N–H and O–H groups in total. The van der Waals surface area contributed by atoms with Crippen molar-refractivity contribution in [2.75, 3.05) is 13.2 Å². The Balaban J connectivity index is 2.63. The Labute approximate surface area is 83.6 Å². The van der Waals surface area contributed by atoms with E-state index in [-0.39, 0.29) is 0 Å². The molecule has 0 amide bonds. The zero-order valence-corrected chi connectivity index (χ0v) is 8.10. The van der Waals surface area contributed by atoms with Crippen LogP contribution >= 0.6 is 0 Å². The molecule has 0 radical (unpaired) electrons. The molecule has 0 aliphatic heterocycles. The number of aliphatic hydroxyl groups excluding tert-OH is 1. The van der Waals surface area contributed by atoms with Crippen LogP contribution in [0.3, 0.4) is 0 Å². The molecule has 1 atom stereocenters. The standard InChI is InChI=1S/C11H13NO2/c1-2-14-8-11(13)10-5-3-9(7-12)4-6-10/h3-6,11,13H,2,8H2,1H3. The predicted octanol–water partition coefficient (Wildman–Crippen LogP) is 1.63. The SMILES string of the molecule is CCOCC(O)c1ccc(C#N)cc1. The van der Waals surface area contributed by atoms with Gasteiger partial charge in [-0.1, -0.05) is 12.1 Å². The first-order chi connectivity index (χ1) is 6.77. The van der Waals surface area contributed by atoms with Crippen LogP contribution in [0.1, 0.15) is 24.2 Å². The van der Waals surface area contributed by atoms with Gasteiger partial charge in [-0.15, -0.1) is 0 Å². The first-order valence-corrected chi connectivity index (χ1v) is 4.53. The molecule has 0 heterocycles. The molecule has 74 valence electrons. The lowest BCUT2D eigenvalue weighted by molar-refractivity contribution is 0.0420. The lowest BCUT2D eigenvalue weighted by atomic mass is 10.1. The molecular weight excluding hydrogens is 178 g/mol. The van der Waals surface area contributed by atoms with Crippen molar-refractivity contribution >= 4 is 0 Å². The second-order valence-corrected chi connectivity index (χ2v) is 2.91. The fourth-order valence-electron chi connectivity index (χ4n) is 1.11. The second kappa shape index (κ2) is 5.38. The van der Waals surface area contributed by atoms with E-state index < -0.39 is 6.10 Å². The summed E-state index contributed by atoms with van der Waals surface area (Å²) < 4.78 is 5.09. The summed E-state index contributed by atoms with van der Waals surface area (Å²) in [4.78, 5) is 0. The van der Waals surface area contributed by atoms with Crippen LogP contribution in [-0.4, -0.2) is 18.3 Å². The van der Waals surface area contributed by atoms with Crippen LogP contribution in [0, 0.1) is 11.3 Å².